The molecule has 8 nitrogen and oxygen atoms in total. The third-order valence-electron chi connectivity index (χ3n) is 3.39. The van der Waals surface area contributed by atoms with Crippen LogP contribution in [0.2, 0.25) is 5.02 Å². The van der Waals surface area contributed by atoms with Gasteiger partial charge in [-0.05, 0) is 31.5 Å². The van der Waals surface area contributed by atoms with Crippen LogP contribution < -0.4 is 5.32 Å². The van der Waals surface area contributed by atoms with Crippen LogP contribution in [0.5, 0.6) is 0 Å². The van der Waals surface area contributed by atoms with E-state index in [1.54, 1.807) is 0 Å². The van der Waals surface area contributed by atoms with E-state index >= 15 is 0 Å². The summed E-state index contributed by atoms with van der Waals surface area (Å²) in [6.45, 7) is 3.26. The fraction of sp³-hybridized carbons (Fsp3) is 0.467. The zero-order chi connectivity index (χ0) is 19.2. The summed E-state index contributed by atoms with van der Waals surface area (Å²) in [4.78, 5) is 28.0. The second-order valence-electron chi connectivity index (χ2n) is 5.20. The Bertz CT molecular complexity index is 738. The number of carbonyl (C=O) groups is 2. The van der Waals surface area contributed by atoms with Crippen LogP contribution in [0.25, 0.3) is 0 Å². The van der Waals surface area contributed by atoms with E-state index in [1.165, 1.54) is 26.3 Å². The average Bonchev–Trinajstić information content (AvgIpc) is 2.58. The zero-order valence-corrected chi connectivity index (χ0v) is 16.0. The number of amides is 1. The number of nitrogens with one attached hydrogen (secondary N) is 1. The van der Waals surface area contributed by atoms with E-state index < -0.39 is 28.5 Å². The highest BCUT2D eigenvalue weighted by atomic mass is 35.5. The molecule has 0 spiro atoms. The first-order valence-corrected chi connectivity index (χ1v) is 9.24. The summed E-state index contributed by atoms with van der Waals surface area (Å²) in [5.74, 6) is -1.28. The van der Waals surface area contributed by atoms with Crippen LogP contribution in [-0.4, -0.2) is 51.6 Å². The summed E-state index contributed by atoms with van der Waals surface area (Å²) in [6, 6.07) is 3.60. The first-order valence-electron chi connectivity index (χ1n) is 7.42. The van der Waals surface area contributed by atoms with Gasteiger partial charge in [0.25, 0.3) is 15.9 Å². The van der Waals surface area contributed by atoms with Crippen LogP contribution in [0, 0.1) is 0 Å². The fourth-order valence-corrected chi connectivity index (χ4v) is 3.17. The molecule has 1 N–H and O–H groups in total. The van der Waals surface area contributed by atoms with Crippen molar-refractivity contribution in [2.75, 3.05) is 20.8 Å². The van der Waals surface area contributed by atoms with E-state index in [1.807, 2.05) is 13.8 Å². The smallest absolute Gasteiger partial charge is 0.338 e. The lowest BCUT2D eigenvalue weighted by Gasteiger charge is -2.16. The van der Waals surface area contributed by atoms with Gasteiger partial charge in [-0.1, -0.05) is 23.0 Å². The average molecular weight is 393 g/mol. The van der Waals surface area contributed by atoms with Gasteiger partial charge in [0.1, 0.15) is 4.90 Å². The highest BCUT2D eigenvalue weighted by molar-refractivity contribution is 7.89. The van der Waals surface area contributed by atoms with Crippen LogP contribution in [0.15, 0.2) is 23.1 Å². The van der Waals surface area contributed by atoms with Crippen LogP contribution in [0.4, 0.5) is 0 Å². The van der Waals surface area contributed by atoms with Gasteiger partial charge < -0.3 is 10.1 Å². The Hall–Kier alpha value is -1.68. The number of halogens is 1. The Kier molecular flexibility index (Phi) is 7.81. The van der Waals surface area contributed by atoms with E-state index in [0.29, 0.717) is 4.47 Å². The van der Waals surface area contributed by atoms with Crippen molar-refractivity contribution in [3.63, 3.8) is 0 Å². The van der Waals surface area contributed by atoms with Crippen molar-refractivity contribution in [3.05, 3.63) is 28.8 Å². The molecule has 0 aliphatic carbocycles. The maximum absolute atomic E-state index is 12.3. The molecule has 0 heterocycles. The molecule has 1 amide bonds. The Balaban J connectivity index is 2.92. The molecule has 0 unspecified atom stereocenters. The molecule has 1 aromatic carbocycles. The predicted octanol–water partition coefficient (Wildman–Crippen LogP) is 1.59. The largest absolute Gasteiger partial charge is 0.452 e. The molecule has 140 valence electrons. The van der Waals surface area contributed by atoms with E-state index in [9.17, 15) is 18.0 Å². The highest BCUT2D eigenvalue weighted by Crippen LogP contribution is 2.25. The molecule has 0 saturated carbocycles. The molecule has 1 aromatic rings. The number of carbonyl (C=O) groups excluding carboxylic acids is 2. The number of rotatable bonds is 8. The molecule has 0 fully saturated rings. The van der Waals surface area contributed by atoms with Gasteiger partial charge in [0, 0.05) is 13.1 Å². The maximum atomic E-state index is 12.3. The van der Waals surface area contributed by atoms with Crippen molar-refractivity contribution >= 4 is 33.5 Å². The van der Waals surface area contributed by atoms with Crippen LogP contribution >= 0.6 is 11.6 Å². The minimum atomic E-state index is -4.03. The van der Waals surface area contributed by atoms with Gasteiger partial charge >= 0.3 is 5.97 Å². The molecular formula is C15H21ClN2O6S. The number of benzene rings is 1. The second kappa shape index (κ2) is 9.14. The molecule has 10 heteroatoms. The zero-order valence-electron chi connectivity index (χ0n) is 14.4. The molecule has 0 aromatic heterocycles. The van der Waals surface area contributed by atoms with Gasteiger partial charge in [0.15, 0.2) is 6.61 Å². The topological polar surface area (TPSA) is 102 Å². The molecule has 0 bridgehead atoms. The number of hydrogen-bond acceptors (Lipinski definition) is 6. The Labute approximate surface area is 152 Å². The molecule has 1 atom stereocenters. The first kappa shape index (κ1) is 21.4. The van der Waals surface area contributed by atoms with Crippen molar-refractivity contribution in [1.29, 1.82) is 0 Å². The second-order valence-corrected chi connectivity index (χ2v) is 7.51. The van der Waals surface area contributed by atoms with Crippen LogP contribution in [0.1, 0.15) is 30.6 Å². The standard InChI is InChI=1S/C15H21ClN2O6S/c1-5-10(2)17-14(19)9-24-15(20)11-6-7-12(16)13(8-11)25(21,22)18(3)23-4/h6-8,10H,5,9H2,1-4H3,(H,17,19)/t10-/m1/s1. The highest BCUT2D eigenvalue weighted by Gasteiger charge is 2.25. The molecule has 0 aliphatic rings. The minimum absolute atomic E-state index is 0.0388. The number of hydroxylamine groups is 1. The lowest BCUT2D eigenvalue weighted by Crippen LogP contribution is -2.35. The molecule has 0 radical (unpaired) electrons. The number of sulfonamides is 1. The van der Waals surface area contributed by atoms with Gasteiger partial charge in [-0.3, -0.25) is 9.63 Å². The van der Waals surface area contributed by atoms with Crippen molar-refractivity contribution < 1.29 is 27.6 Å². The van der Waals surface area contributed by atoms with Crippen LogP contribution in [0.3, 0.4) is 0 Å². The van der Waals surface area contributed by atoms with Gasteiger partial charge in [-0.2, -0.15) is 0 Å². The minimum Gasteiger partial charge on any atom is -0.452 e. The molecule has 0 aliphatic heterocycles. The van der Waals surface area contributed by atoms with Crippen LogP contribution in [-0.2, 0) is 24.4 Å². The van der Waals surface area contributed by atoms with Crippen molar-refractivity contribution in [1.82, 2.24) is 9.79 Å². The summed E-state index contributed by atoms with van der Waals surface area (Å²) in [6.07, 6.45) is 0.741. The van der Waals surface area contributed by atoms with Crippen molar-refractivity contribution in [2.24, 2.45) is 0 Å². The van der Waals surface area contributed by atoms with E-state index in [0.717, 1.165) is 12.5 Å². The Morgan fingerprint density at radius 3 is 2.56 bits per heavy atom. The Morgan fingerprint density at radius 1 is 1.36 bits per heavy atom. The van der Waals surface area contributed by atoms with Gasteiger partial charge in [-0.25, -0.2) is 13.2 Å². The van der Waals surface area contributed by atoms with Gasteiger partial charge in [-0.15, -0.1) is 0 Å². The normalized spacial score (nSPS) is 12.7. The van der Waals surface area contributed by atoms with Crippen molar-refractivity contribution in [2.45, 2.75) is 31.2 Å². The number of esters is 1. The van der Waals surface area contributed by atoms with E-state index in [2.05, 4.69) is 10.2 Å². The summed E-state index contributed by atoms with van der Waals surface area (Å²) in [5.41, 5.74) is -0.0520. The van der Waals surface area contributed by atoms with Gasteiger partial charge in [0.2, 0.25) is 0 Å². The number of ether oxygens (including phenoxy) is 1. The predicted molar refractivity (Wildman–Crippen MR) is 91.6 cm³/mol. The monoisotopic (exact) mass is 392 g/mol. The number of nitrogens with zero attached hydrogens (tertiary/aromatic N) is 1. The lowest BCUT2D eigenvalue weighted by atomic mass is 10.2. The summed E-state index contributed by atoms with van der Waals surface area (Å²) in [7, 11) is -1.66. The van der Waals surface area contributed by atoms with E-state index in [4.69, 9.17) is 16.3 Å². The van der Waals surface area contributed by atoms with Gasteiger partial charge in [0.05, 0.1) is 17.7 Å². The summed E-state index contributed by atoms with van der Waals surface area (Å²) < 4.78 is 30.1. The quantitative estimate of drug-likeness (QED) is 0.532. The van der Waals surface area contributed by atoms with Crippen molar-refractivity contribution in [3.8, 4) is 0 Å². The molecule has 0 saturated heterocycles. The number of hydrogen-bond donors (Lipinski definition) is 1. The SMILES string of the molecule is CC[C@@H](C)NC(=O)COC(=O)c1ccc(Cl)c(S(=O)(=O)N(C)OC)c1. The first-order chi connectivity index (χ1) is 11.6. The third kappa shape index (κ3) is 5.67. The fourth-order valence-electron chi connectivity index (χ4n) is 1.70. The summed E-state index contributed by atoms with van der Waals surface area (Å²) >= 11 is 5.91. The molecule has 1 rings (SSSR count). The Morgan fingerprint density at radius 2 is 2.00 bits per heavy atom. The maximum Gasteiger partial charge on any atom is 0.338 e. The summed E-state index contributed by atoms with van der Waals surface area (Å²) in [5, 5.41) is 2.57. The molecular weight excluding hydrogens is 372 g/mol. The molecule has 25 heavy (non-hydrogen) atoms. The lowest BCUT2D eigenvalue weighted by molar-refractivity contribution is -0.124. The third-order valence-corrected chi connectivity index (χ3v) is 5.56. The van der Waals surface area contributed by atoms with E-state index in [-0.39, 0.29) is 21.5 Å².